The van der Waals surface area contributed by atoms with Crippen LogP contribution in [0.25, 0.3) is 17.3 Å². The van der Waals surface area contributed by atoms with Gasteiger partial charge in [-0.25, -0.2) is 4.98 Å². The Balaban J connectivity index is 0.978. The zero-order valence-corrected chi connectivity index (χ0v) is 26.3. The number of pyridine rings is 2. The average molecular weight is 638 g/mol. The van der Waals surface area contributed by atoms with Crippen molar-refractivity contribution < 1.29 is 24.1 Å². The molecule has 0 amide bonds. The highest BCUT2D eigenvalue weighted by atomic mass is 16.7. The summed E-state index contributed by atoms with van der Waals surface area (Å²) in [5.74, 6) is 2.46. The zero-order valence-electron chi connectivity index (χ0n) is 26.3. The van der Waals surface area contributed by atoms with Crippen LogP contribution >= 0.6 is 0 Å². The summed E-state index contributed by atoms with van der Waals surface area (Å²) in [6.07, 6.45) is 10.9. The monoisotopic (exact) mass is 637 g/mol. The lowest BCUT2D eigenvalue weighted by Gasteiger charge is -2.43. The Labute approximate surface area is 273 Å². The molecule has 12 heteroatoms. The lowest BCUT2D eigenvalue weighted by atomic mass is 9.92. The number of piperazine rings is 1. The molecular formula is C35H39N7O5. The van der Waals surface area contributed by atoms with Crippen LogP contribution in [0.1, 0.15) is 31.4 Å². The van der Waals surface area contributed by atoms with E-state index in [1.54, 1.807) is 25.5 Å². The number of para-hydroxylation sites is 1. The number of rotatable bonds is 12. The summed E-state index contributed by atoms with van der Waals surface area (Å²) in [4.78, 5) is 13.7. The molecule has 1 aliphatic carbocycles. The second kappa shape index (κ2) is 13.8. The van der Waals surface area contributed by atoms with Crippen LogP contribution in [0.5, 0.6) is 17.4 Å². The number of nitrogens with zero attached hydrogens (tertiary/aromatic N) is 6. The van der Waals surface area contributed by atoms with Crippen LogP contribution in [0.2, 0.25) is 0 Å². The maximum absolute atomic E-state index is 8.93. The van der Waals surface area contributed by atoms with Crippen molar-refractivity contribution >= 4 is 23.3 Å². The van der Waals surface area contributed by atoms with Gasteiger partial charge in [0.25, 0.3) is 0 Å². The molecule has 47 heavy (non-hydrogen) atoms. The van der Waals surface area contributed by atoms with Crippen LogP contribution < -0.4 is 29.7 Å². The van der Waals surface area contributed by atoms with Crippen LogP contribution in [-0.4, -0.2) is 83.2 Å². The zero-order chi connectivity index (χ0) is 32.2. The first-order valence-electron chi connectivity index (χ1n) is 16.0. The van der Waals surface area contributed by atoms with Gasteiger partial charge in [-0.05, 0) is 55.3 Å². The van der Waals surface area contributed by atoms with E-state index in [-0.39, 0.29) is 25.6 Å². The molecule has 3 aliphatic rings. The number of benzene rings is 1. The fourth-order valence-corrected chi connectivity index (χ4v) is 6.65. The first-order valence-corrected chi connectivity index (χ1v) is 16.0. The average Bonchev–Trinajstić information content (AvgIpc) is 3.35. The van der Waals surface area contributed by atoms with E-state index in [4.69, 9.17) is 29.8 Å². The summed E-state index contributed by atoms with van der Waals surface area (Å²) >= 11 is 0. The van der Waals surface area contributed by atoms with Crippen molar-refractivity contribution in [1.29, 1.82) is 0 Å². The van der Waals surface area contributed by atoms with E-state index in [0.29, 0.717) is 35.2 Å². The van der Waals surface area contributed by atoms with Crippen LogP contribution in [-0.2, 0) is 4.74 Å². The quantitative estimate of drug-likeness (QED) is 0.213. The molecule has 2 bridgehead atoms. The third kappa shape index (κ3) is 6.79. The third-order valence-electron chi connectivity index (χ3n) is 8.93. The number of nitrogen functional groups attached to an aromatic ring is 1. The van der Waals surface area contributed by atoms with Gasteiger partial charge in [0.2, 0.25) is 5.88 Å². The second-order valence-electron chi connectivity index (χ2n) is 12.1. The minimum atomic E-state index is -0.0109. The molecule has 1 saturated carbocycles. The summed E-state index contributed by atoms with van der Waals surface area (Å²) in [7, 11) is 1.60. The van der Waals surface area contributed by atoms with Crippen molar-refractivity contribution in [2.45, 2.75) is 50.0 Å². The van der Waals surface area contributed by atoms with Gasteiger partial charge < -0.3 is 39.6 Å². The number of methoxy groups -OCH3 is 1. The Morgan fingerprint density at radius 1 is 0.957 bits per heavy atom. The number of hydrogen-bond acceptors (Lipinski definition) is 12. The van der Waals surface area contributed by atoms with Crippen LogP contribution in [0.4, 0.5) is 17.2 Å². The second-order valence-corrected chi connectivity index (χ2v) is 12.1. The minimum Gasteiger partial charge on any atom is -0.489 e. The predicted octanol–water partition coefficient (Wildman–Crippen LogP) is 4.35. The van der Waals surface area contributed by atoms with Crippen molar-refractivity contribution in [2.75, 3.05) is 49.1 Å². The van der Waals surface area contributed by atoms with Crippen LogP contribution in [0.15, 0.2) is 73.1 Å². The molecule has 2 unspecified atom stereocenters. The molecule has 3 aromatic heterocycles. The summed E-state index contributed by atoms with van der Waals surface area (Å²) < 4.78 is 23.2. The molecule has 2 atom stereocenters. The Morgan fingerprint density at radius 2 is 1.77 bits per heavy atom. The molecule has 0 radical (unpaired) electrons. The highest BCUT2D eigenvalue weighted by Gasteiger charge is 2.41. The number of ether oxygens (including phenoxy) is 4. The van der Waals surface area contributed by atoms with E-state index in [9.17, 15) is 0 Å². The number of aliphatic hydroxyl groups is 1. The van der Waals surface area contributed by atoms with E-state index < -0.39 is 0 Å². The summed E-state index contributed by atoms with van der Waals surface area (Å²) in [6, 6.07) is 18.3. The SMILES string of the molecule is COCOc1ccccc1-c1cc(N2CC3CCC(C2)N3c2ccnc(O[C@H]3C[C@H](Oc4ccc(/C=C/CO)nc4)C3)c2)c(N)nn1. The Bertz CT molecular complexity index is 1680. The molecule has 4 aromatic rings. The van der Waals surface area contributed by atoms with Gasteiger partial charge in [0.05, 0.1) is 29.9 Å². The number of fused-ring (bicyclic) bond motifs is 2. The number of hydrogen-bond donors (Lipinski definition) is 2. The first-order chi connectivity index (χ1) is 23.1. The molecule has 7 rings (SSSR count). The van der Waals surface area contributed by atoms with Crippen LogP contribution in [0, 0.1) is 0 Å². The molecule has 3 N–H and O–H groups in total. The molecule has 0 spiro atoms. The third-order valence-corrected chi connectivity index (χ3v) is 8.93. The summed E-state index contributed by atoms with van der Waals surface area (Å²) in [6.45, 7) is 1.78. The minimum absolute atomic E-state index is 0.0109. The molecule has 12 nitrogen and oxygen atoms in total. The van der Waals surface area contributed by atoms with Crippen molar-refractivity contribution in [1.82, 2.24) is 20.2 Å². The molecule has 3 fully saturated rings. The predicted molar refractivity (Wildman–Crippen MR) is 179 cm³/mol. The Kier molecular flexibility index (Phi) is 9.02. The van der Waals surface area contributed by atoms with Gasteiger partial charge in [-0.2, -0.15) is 0 Å². The van der Waals surface area contributed by atoms with Gasteiger partial charge in [-0.15, -0.1) is 10.2 Å². The molecule has 2 saturated heterocycles. The van der Waals surface area contributed by atoms with Gasteiger partial charge in [-0.1, -0.05) is 18.2 Å². The van der Waals surface area contributed by atoms with Crippen LogP contribution in [0.3, 0.4) is 0 Å². The van der Waals surface area contributed by atoms with Gasteiger partial charge >= 0.3 is 0 Å². The maximum Gasteiger partial charge on any atom is 0.215 e. The topological polar surface area (TPSA) is 141 Å². The molecular weight excluding hydrogens is 598 g/mol. The molecule has 2 aliphatic heterocycles. The van der Waals surface area contributed by atoms with Gasteiger partial charge in [-0.3, -0.25) is 4.98 Å². The highest BCUT2D eigenvalue weighted by Crippen LogP contribution is 2.40. The maximum atomic E-state index is 8.93. The molecule has 244 valence electrons. The van der Waals surface area contributed by atoms with E-state index in [0.717, 1.165) is 67.2 Å². The Morgan fingerprint density at radius 3 is 2.53 bits per heavy atom. The lowest BCUT2D eigenvalue weighted by molar-refractivity contribution is 0.00210. The van der Waals surface area contributed by atoms with Crippen molar-refractivity contribution in [2.24, 2.45) is 0 Å². The standard InChI is InChI=1S/C35H39N7O5/c1-44-22-45-33-7-3-2-6-30(33)31-18-32(35(36)40-39-31)41-20-25-9-10-26(21-41)42(25)24-12-13-37-34(15-24)47-29-16-28(17-29)46-27-11-8-23(38-19-27)5-4-14-43/h2-8,11-13,15,18-19,25-26,28-29,43H,9-10,14,16-17,20-22H2,1H3,(H2,36,40)/b5-4+/t25?,26?,28-,29-. The smallest absolute Gasteiger partial charge is 0.215 e. The van der Waals surface area contributed by atoms with Crippen molar-refractivity contribution in [3.63, 3.8) is 0 Å². The van der Waals surface area contributed by atoms with E-state index in [2.05, 4.69) is 42.1 Å². The fraction of sp³-hybridized carbons (Fsp3) is 0.371. The largest absolute Gasteiger partial charge is 0.489 e. The van der Waals surface area contributed by atoms with Gasteiger partial charge in [0.1, 0.15) is 23.7 Å². The number of aliphatic hydroxyl groups excluding tert-OH is 1. The fourth-order valence-electron chi connectivity index (χ4n) is 6.65. The molecule has 1 aromatic carbocycles. The van der Waals surface area contributed by atoms with Gasteiger partial charge in [0, 0.05) is 68.6 Å². The van der Waals surface area contributed by atoms with E-state index >= 15 is 0 Å². The number of aromatic nitrogens is 4. The Hall–Kier alpha value is -4.94. The van der Waals surface area contributed by atoms with Crippen molar-refractivity contribution in [3.8, 4) is 28.6 Å². The highest BCUT2D eigenvalue weighted by molar-refractivity contribution is 5.75. The first kappa shape index (κ1) is 30.7. The van der Waals surface area contributed by atoms with E-state index in [1.807, 2.05) is 48.7 Å². The summed E-state index contributed by atoms with van der Waals surface area (Å²) in [5.41, 5.74) is 10.7. The lowest BCUT2D eigenvalue weighted by Crippen LogP contribution is -2.54. The number of nitrogens with two attached hydrogens (primary N) is 1. The van der Waals surface area contributed by atoms with E-state index in [1.165, 1.54) is 0 Å². The normalized spacial score (nSPS) is 21.9. The summed E-state index contributed by atoms with van der Waals surface area (Å²) in [5, 5.41) is 17.7. The van der Waals surface area contributed by atoms with Gasteiger partial charge in [0.15, 0.2) is 12.6 Å². The van der Waals surface area contributed by atoms with Crippen molar-refractivity contribution in [3.05, 3.63) is 78.8 Å². The number of anilines is 3. The molecule has 5 heterocycles.